The second-order valence-corrected chi connectivity index (χ2v) is 6.52. The van der Waals surface area contributed by atoms with Crippen LogP contribution in [0.25, 0.3) is 0 Å². The molecule has 0 radical (unpaired) electrons. The maximum absolute atomic E-state index is 13.6. The Balaban J connectivity index is 1.44. The number of hydrogen-bond acceptors (Lipinski definition) is 5. The van der Waals surface area contributed by atoms with Gasteiger partial charge in [0.05, 0.1) is 12.2 Å². The lowest BCUT2D eigenvalue weighted by molar-refractivity contribution is -0.116. The van der Waals surface area contributed by atoms with Crippen molar-refractivity contribution in [2.24, 2.45) is 5.92 Å². The van der Waals surface area contributed by atoms with Gasteiger partial charge in [0, 0.05) is 19.9 Å². The molecule has 1 saturated heterocycles. The van der Waals surface area contributed by atoms with E-state index in [4.69, 9.17) is 4.42 Å². The van der Waals surface area contributed by atoms with Crippen LogP contribution in [0.1, 0.15) is 37.5 Å². The molecule has 0 spiro atoms. The molecule has 2 heterocycles. The third kappa shape index (κ3) is 5.09. The van der Waals surface area contributed by atoms with E-state index in [1.165, 1.54) is 6.07 Å². The number of halogens is 1. The van der Waals surface area contributed by atoms with E-state index in [0.29, 0.717) is 30.7 Å². The van der Waals surface area contributed by atoms with E-state index in [-0.39, 0.29) is 11.6 Å². The topological polar surface area (TPSA) is 71.3 Å². The van der Waals surface area contributed by atoms with Crippen molar-refractivity contribution in [3.8, 4) is 0 Å². The molecular weight excluding hydrogens is 323 g/mol. The highest BCUT2D eigenvalue weighted by molar-refractivity contribution is 5.90. The number of likely N-dealkylation sites (tertiary alicyclic amines) is 1. The van der Waals surface area contributed by atoms with Crippen molar-refractivity contribution in [2.75, 3.05) is 18.4 Å². The van der Waals surface area contributed by atoms with E-state index in [1.807, 2.05) is 0 Å². The van der Waals surface area contributed by atoms with E-state index < -0.39 is 5.82 Å². The van der Waals surface area contributed by atoms with Crippen molar-refractivity contribution in [2.45, 2.75) is 39.2 Å². The monoisotopic (exact) mass is 346 g/mol. The first-order chi connectivity index (χ1) is 12.1. The molecule has 1 aromatic carbocycles. The van der Waals surface area contributed by atoms with Crippen LogP contribution in [0, 0.1) is 18.7 Å². The molecule has 1 aliphatic heterocycles. The maximum Gasteiger partial charge on any atom is 0.230 e. The quantitative estimate of drug-likeness (QED) is 0.870. The summed E-state index contributed by atoms with van der Waals surface area (Å²) < 4.78 is 19.0. The summed E-state index contributed by atoms with van der Waals surface area (Å²) in [6.45, 7) is 4.34. The number of carbonyl (C=O) groups is 1. The summed E-state index contributed by atoms with van der Waals surface area (Å²) in [5, 5.41) is 10.5. The predicted octanol–water partition coefficient (Wildman–Crippen LogP) is 3.15. The van der Waals surface area contributed by atoms with E-state index in [0.717, 1.165) is 32.4 Å². The number of aromatic nitrogens is 2. The summed E-state index contributed by atoms with van der Waals surface area (Å²) in [5.41, 5.74) is 0.240. The van der Waals surface area contributed by atoms with E-state index >= 15 is 0 Å². The van der Waals surface area contributed by atoms with Crippen LogP contribution in [0.3, 0.4) is 0 Å². The molecule has 1 atom stereocenters. The van der Waals surface area contributed by atoms with Crippen LogP contribution in [-0.4, -0.2) is 34.1 Å². The molecule has 3 rings (SSSR count). The van der Waals surface area contributed by atoms with Crippen LogP contribution in [0.2, 0.25) is 0 Å². The van der Waals surface area contributed by atoms with Gasteiger partial charge in [-0.2, -0.15) is 0 Å². The van der Waals surface area contributed by atoms with Gasteiger partial charge in [0.25, 0.3) is 0 Å². The van der Waals surface area contributed by atoms with Gasteiger partial charge in [-0.1, -0.05) is 12.1 Å². The minimum absolute atomic E-state index is 0.144. The number of benzene rings is 1. The highest BCUT2D eigenvalue weighted by Crippen LogP contribution is 2.23. The van der Waals surface area contributed by atoms with Gasteiger partial charge < -0.3 is 9.73 Å². The van der Waals surface area contributed by atoms with Crippen LogP contribution in [0.4, 0.5) is 10.1 Å². The molecule has 134 valence electrons. The molecule has 6 nitrogen and oxygen atoms in total. The zero-order valence-electron chi connectivity index (χ0n) is 14.4. The summed E-state index contributed by atoms with van der Waals surface area (Å²) in [5.74, 6) is 1.11. The van der Waals surface area contributed by atoms with Crippen molar-refractivity contribution >= 4 is 11.6 Å². The average molecular weight is 346 g/mol. The number of rotatable bonds is 6. The van der Waals surface area contributed by atoms with E-state index in [1.54, 1.807) is 25.1 Å². The fraction of sp³-hybridized carbons (Fsp3) is 0.500. The van der Waals surface area contributed by atoms with Gasteiger partial charge in [-0.3, -0.25) is 9.69 Å². The van der Waals surface area contributed by atoms with Crippen molar-refractivity contribution in [1.82, 2.24) is 15.1 Å². The van der Waals surface area contributed by atoms with E-state index in [2.05, 4.69) is 20.4 Å². The van der Waals surface area contributed by atoms with Gasteiger partial charge in [-0.25, -0.2) is 4.39 Å². The van der Waals surface area contributed by atoms with Crippen LogP contribution >= 0.6 is 0 Å². The Morgan fingerprint density at radius 2 is 2.24 bits per heavy atom. The van der Waals surface area contributed by atoms with Gasteiger partial charge in [-0.05, 0) is 43.9 Å². The standard InChI is InChI=1S/C18H23FN4O2/c1-13-21-22-18(25-13)12-23-10-4-5-14(11-23)8-9-17(24)20-16-7-3-2-6-15(16)19/h2-3,6-7,14H,4-5,8-12H2,1H3,(H,20,24). The van der Waals surface area contributed by atoms with Crippen LogP contribution in [0.5, 0.6) is 0 Å². The maximum atomic E-state index is 13.6. The van der Waals surface area contributed by atoms with Gasteiger partial charge in [-0.15, -0.1) is 10.2 Å². The normalized spacial score (nSPS) is 18.2. The number of nitrogens with zero attached hydrogens (tertiary/aromatic N) is 3. The van der Waals surface area contributed by atoms with Gasteiger partial charge >= 0.3 is 0 Å². The fourth-order valence-electron chi connectivity index (χ4n) is 3.23. The molecule has 1 aliphatic rings. The lowest BCUT2D eigenvalue weighted by Crippen LogP contribution is -2.35. The number of carbonyl (C=O) groups excluding carboxylic acids is 1. The number of nitrogens with one attached hydrogen (secondary N) is 1. The zero-order chi connectivity index (χ0) is 17.6. The van der Waals surface area contributed by atoms with Crippen molar-refractivity contribution in [3.63, 3.8) is 0 Å². The Morgan fingerprint density at radius 3 is 3.00 bits per heavy atom. The SMILES string of the molecule is Cc1nnc(CN2CCCC(CCC(=O)Nc3ccccc3F)C2)o1. The van der Waals surface area contributed by atoms with Gasteiger partial charge in [0.1, 0.15) is 5.82 Å². The molecule has 0 saturated carbocycles. The highest BCUT2D eigenvalue weighted by Gasteiger charge is 2.22. The lowest BCUT2D eigenvalue weighted by atomic mass is 9.93. The molecule has 0 aliphatic carbocycles. The number of amides is 1. The molecule has 25 heavy (non-hydrogen) atoms. The molecule has 1 fully saturated rings. The number of anilines is 1. The Bertz CT molecular complexity index is 719. The van der Waals surface area contributed by atoms with Crippen LogP contribution in [-0.2, 0) is 11.3 Å². The lowest BCUT2D eigenvalue weighted by Gasteiger charge is -2.31. The van der Waals surface area contributed by atoms with Gasteiger partial charge in [0.15, 0.2) is 0 Å². The number of aryl methyl sites for hydroxylation is 1. The molecule has 1 amide bonds. The van der Waals surface area contributed by atoms with Crippen molar-refractivity contribution in [1.29, 1.82) is 0 Å². The fourth-order valence-corrected chi connectivity index (χ4v) is 3.23. The zero-order valence-corrected chi connectivity index (χ0v) is 14.4. The van der Waals surface area contributed by atoms with Crippen molar-refractivity contribution in [3.05, 3.63) is 41.9 Å². The number of para-hydroxylation sites is 1. The molecule has 7 heteroatoms. The first-order valence-corrected chi connectivity index (χ1v) is 8.66. The molecular formula is C18H23FN4O2. The van der Waals surface area contributed by atoms with Crippen molar-refractivity contribution < 1.29 is 13.6 Å². The molecule has 1 aromatic heterocycles. The first-order valence-electron chi connectivity index (χ1n) is 8.66. The Hall–Kier alpha value is -2.28. The third-order valence-corrected chi connectivity index (χ3v) is 4.46. The Labute approximate surface area is 146 Å². The first kappa shape index (κ1) is 17.5. The highest BCUT2D eigenvalue weighted by atomic mass is 19.1. The van der Waals surface area contributed by atoms with Gasteiger partial charge in [0.2, 0.25) is 17.7 Å². The molecule has 0 bridgehead atoms. The van der Waals surface area contributed by atoms with E-state index in [9.17, 15) is 9.18 Å². The number of hydrogen-bond donors (Lipinski definition) is 1. The molecule has 1 unspecified atom stereocenters. The third-order valence-electron chi connectivity index (χ3n) is 4.46. The smallest absolute Gasteiger partial charge is 0.230 e. The minimum atomic E-state index is -0.408. The molecule has 1 N–H and O–H groups in total. The summed E-state index contributed by atoms with van der Waals surface area (Å²) in [7, 11) is 0. The summed E-state index contributed by atoms with van der Waals surface area (Å²) in [4.78, 5) is 14.3. The predicted molar refractivity (Wildman–Crippen MR) is 91.3 cm³/mol. The Kier molecular flexibility index (Phi) is 5.75. The summed E-state index contributed by atoms with van der Waals surface area (Å²) >= 11 is 0. The second-order valence-electron chi connectivity index (χ2n) is 6.52. The minimum Gasteiger partial charge on any atom is -0.424 e. The summed E-state index contributed by atoms with van der Waals surface area (Å²) in [6, 6.07) is 6.22. The summed E-state index contributed by atoms with van der Waals surface area (Å²) in [6.07, 6.45) is 3.38. The Morgan fingerprint density at radius 1 is 1.40 bits per heavy atom. The second kappa shape index (κ2) is 8.20. The average Bonchev–Trinajstić information content (AvgIpc) is 3.00. The van der Waals surface area contributed by atoms with Crippen LogP contribution in [0.15, 0.2) is 28.7 Å². The molecule has 2 aromatic rings. The largest absolute Gasteiger partial charge is 0.424 e. The van der Waals surface area contributed by atoms with Crippen LogP contribution < -0.4 is 5.32 Å². The number of piperidine rings is 1.